The van der Waals surface area contributed by atoms with Crippen molar-refractivity contribution in [1.82, 2.24) is 10.3 Å². The highest BCUT2D eigenvalue weighted by Crippen LogP contribution is 2.30. The molecule has 2 aromatic rings. The Hall–Kier alpha value is -0.910. The van der Waals surface area contributed by atoms with Crippen molar-refractivity contribution in [3.63, 3.8) is 0 Å². The summed E-state index contributed by atoms with van der Waals surface area (Å²) in [6, 6.07) is 9.77. The van der Waals surface area contributed by atoms with Gasteiger partial charge in [-0.2, -0.15) is 0 Å². The van der Waals surface area contributed by atoms with Crippen LogP contribution in [0.25, 0.3) is 0 Å². The number of rotatable bonds is 7. The zero-order chi connectivity index (χ0) is 15.1. The summed E-state index contributed by atoms with van der Waals surface area (Å²) in [4.78, 5) is 5.14. The molecule has 0 amide bonds. The van der Waals surface area contributed by atoms with Crippen LogP contribution in [0.5, 0.6) is 0 Å². The van der Waals surface area contributed by atoms with Gasteiger partial charge in [0.15, 0.2) is 0 Å². The topological polar surface area (TPSA) is 24.9 Å². The zero-order valence-electron chi connectivity index (χ0n) is 11.9. The second-order valence-electron chi connectivity index (χ2n) is 4.68. The summed E-state index contributed by atoms with van der Waals surface area (Å²) < 4.78 is 14.5. The minimum Gasteiger partial charge on any atom is -0.309 e. The van der Waals surface area contributed by atoms with E-state index in [1.54, 1.807) is 24.0 Å². The lowest BCUT2D eigenvalue weighted by Crippen LogP contribution is -2.24. The van der Waals surface area contributed by atoms with Crippen molar-refractivity contribution in [2.24, 2.45) is 0 Å². The number of nitrogens with zero attached hydrogens (tertiary/aromatic N) is 1. The van der Waals surface area contributed by atoms with E-state index >= 15 is 0 Å². The molecule has 1 aromatic heterocycles. The number of benzene rings is 1. The number of hydrogen-bond acceptors (Lipinski definition) is 3. The Bertz CT molecular complexity index is 580. The third-order valence-corrected chi connectivity index (χ3v) is 5.13. The number of pyridine rings is 1. The molecule has 2 rings (SSSR count). The van der Waals surface area contributed by atoms with E-state index in [1.165, 1.54) is 11.1 Å². The average molecular weight is 369 g/mol. The summed E-state index contributed by atoms with van der Waals surface area (Å²) in [6.45, 7) is 3.02. The monoisotopic (exact) mass is 368 g/mol. The van der Waals surface area contributed by atoms with Crippen molar-refractivity contribution < 1.29 is 4.39 Å². The van der Waals surface area contributed by atoms with Gasteiger partial charge in [0.2, 0.25) is 0 Å². The molecule has 5 heteroatoms. The molecule has 1 N–H and O–H groups in total. The van der Waals surface area contributed by atoms with Gasteiger partial charge in [-0.15, -0.1) is 11.8 Å². The molecule has 0 radical (unpaired) electrons. The van der Waals surface area contributed by atoms with Crippen LogP contribution in [-0.4, -0.2) is 17.3 Å². The minimum absolute atomic E-state index is 0.0882. The molecule has 1 heterocycles. The molecule has 0 saturated carbocycles. The van der Waals surface area contributed by atoms with Gasteiger partial charge >= 0.3 is 0 Å². The lowest BCUT2D eigenvalue weighted by molar-refractivity contribution is 0.564. The lowest BCUT2D eigenvalue weighted by Gasteiger charge is -2.18. The van der Waals surface area contributed by atoms with E-state index in [2.05, 4.69) is 39.2 Å². The van der Waals surface area contributed by atoms with Gasteiger partial charge in [-0.05, 0) is 52.7 Å². The maximum atomic E-state index is 13.4. The Balaban J connectivity index is 2.08. The highest BCUT2D eigenvalue weighted by molar-refractivity contribution is 9.10. The van der Waals surface area contributed by atoms with Gasteiger partial charge < -0.3 is 5.32 Å². The Labute approximate surface area is 137 Å². The number of thioether (sulfide) groups is 1. The van der Waals surface area contributed by atoms with Crippen LogP contribution in [-0.2, 0) is 0 Å². The zero-order valence-corrected chi connectivity index (χ0v) is 14.3. The van der Waals surface area contributed by atoms with Crippen LogP contribution < -0.4 is 5.32 Å². The molecule has 1 atom stereocenters. The number of hydrogen-bond donors (Lipinski definition) is 1. The van der Waals surface area contributed by atoms with Gasteiger partial charge in [-0.1, -0.05) is 19.1 Å². The standard InChI is InChI=1S/C16H18BrFN2S/c1-2-7-20-15(12-8-13(18)10-19-9-12)11-21-16-6-4-3-5-14(16)17/h3-6,8-10,15,20H,2,7,11H2,1H3. The fourth-order valence-corrected chi connectivity index (χ4v) is 3.61. The molecule has 0 saturated heterocycles. The predicted octanol–water partition coefficient (Wildman–Crippen LogP) is 4.82. The first kappa shape index (κ1) is 16.5. The van der Waals surface area contributed by atoms with E-state index in [4.69, 9.17) is 0 Å². The number of aromatic nitrogens is 1. The summed E-state index contributed by atoms with van der Waals surface area (Å²) in [5, 5.41) is 3.46. The second-order valence-corrected chi connectivity index (χ2v) is 6.60. The molecule has 2 nitrogen and oxygen atoms in total. The minimum atomic E-state index is -0.290. The van der Waals surface area contributed by atoms with E-state index in [9.17, 15) is 4.39 Å². The van der Waals surface area contributed by atoms with Gasteiger partial charge in [0.05, 0.1) is 6.20 Å². The quantitative estimate of drug-likeness (QED) is 0.709. The van der Waals surface area contributed by atoms with E-state index < -0.39 is 0 Å². The van der Waals surface area contributed by atoms with Crippen LogP contribution in [0.15, 0.2) is 52.1 Å². The molecule has 0 aliphatic heterocycles. The summed E-state index contributed by atoms with van der Waals surface area (Å²) in [7, 11) is 0. The molecule has 0 spiro atoms. The van der Waals surface area contributed by atoms with E-state index in [-0.39, 0.29) is 11.9 Å². The van der Waals surface area contributed by atoms with E-state index in [1.807, 2.05) is 18.2 Å². The lowest BCUT2D eigenvalue weighted by atomic mass is 10.1. The summed E-state index contributed by atoms with van der Waals surface area (Å²) in [5.41, 5.74) is 0.892. The van der Waals surface area contributed by atoms with Gasteiger partial charge in [-0.25, -0.2) is 4.39 Å². The molecular weight excluding hydrogens is 351 g/mol. The molecule has 1 aromatic carbocycles. The molecule has 112 valence electrons. The van der Waals surface area contributed by atoms with Gasteiger partial charge in [-0.3, -0.25) is 4.98 Å². The van der Waals surface area contributed by atoms with Gasteiger partial charge in [0, 0.05) is 27.4 Å². The smallest absolute Gasteiger partial charge is 0.141 e. The number of halogens is 2. The summed E-state index contributed by atoms with van der Waals surface area (Å²) in [6.07, 6.45) is 4.01. The molecule has 1 unspecified atom stereocenters. The largest absolute Gasteiger partial charge is 0.309 e. The first-order valence-corrected chi connectivity index (χ1v) is 8.69. The molecule has 0 aliphatic rings. The third-order valence-electron chi connectivity index (χ3n) is 3.01. The predicted molar refractivity (Wildman–Crippen MR) is 90.1 cm³/mol. The molecule has 21 heavy (non-hydrogen) atoms. The van der Waals surface area contributed by atoms with Crippen LogP contribution in [0, 0.1) is 5.82 Å². The maximum Gasteiger partial charge on any atom is 0.141 e. The van der Waals surface area contributed by atoms with Gasteiger partial charge in [0.25, 0.3) is 0 Å². The highest BCUT2D eigenvalue weighted by atomic mass is 79.9. The molecule has 0 fully saturated rings. The average Bonchev–Trinajstić information content (AvgIpc) is 2.49. The molecule has 0 bridgehead atoms. The second kappa shape index (κ2) is 8.51. The number of nitrogens with one attached hydrogen (secondary N) is 1. The van der Waals surface area contributed by atoms with Crippen molar-refractivity contribution >= 4 is 27.7 Å². The molecule has 0 aliphatic carbocycles. The van der Waals surface area contributed by atoms with E-state index in [0.717, 1.165) is 28.8 Å². The highest BCUT2D eigenvalue weighted by Gasteiger charge is 2.13. The molecular formula is C16H18BrFN2S. The summed E-state index contributed by atoms with van der Waals surface area (Å²) >= 11 is 5.30. The van der Waals surface area contributed by atoms with Crippen molar-refractivity contribution in [3.05, 3.63) is 58.6 Å². The fourth-order valence-electron chi connectivity index (χ4n) is 1.95. The Morgan fingerprint density at radius 3 is 2.86 bits per heavy atom. The first-order valence-electron chi connectivity index (χ1n) is 6.92. The van der Waals surface area contributed by atoms with Crippen LogP contribution in [0.2, 0.25) is 0 Å². The van der Waals surface area contributed by atoms with Crippen molar-refractivity contribution in [1.29, 1.82) is 0 Å². The van der Waals surface area contributed by atoms with E-state index in [0.29, 0.717) is 0 Å². The van der Waals surface area contributed by atoms with Crippen LogP contribution in [0.3, 0.4) is 0 Å². The summed E-state index contributed by atoms with van der Waals surface area (Å²) in [5.74, 6) is 0.537. The van der Waals surface area contributed by atoms with Gasteiger partial charge in [0.1, 0.15) is 5.82 Å². The van der Waals surface area contributed by atoms with Crippen molar-refractivity contribution in [2.45, 2.75) is 24.3 Å². The van der Waals surface area contributed by atoms with Crippen LogP contribution in [0.4, 0.5) is 4.39 Å². The maximum absolute atomic E-state index is 13.4. The van der Waals surface area contributed by atoms with Crippen LogP contribution in [0.1, 0.15) is 24.9 Å². The van der Waals surface area contributed by atoms with Crippen molar-refractivity contribution in [2.75, 3.05) is 12.3 Å². The Morgan fingerprint density at radius 1 is 1.33 bits per heavy atom. The Morgan fingerprint density at radius 2 is 2.14 bits per heavy atom. The van der Waals surface area contributed by atoms with Crippen LogP contribution >= 0.6 is 27.7 Å². The SMILES string of the molecule is CCCNC(CSc1ccccc1Br)c1cncc(F)c1. The normalized spacial score (nSPS) is 12.3. The first-order chi connectivity index (χ1) is 10.2. The fraction of sp³-hybridized carbons (Fsp3) is 0.312. The Kier molecular flexibility index (Phi) is 6.67. The van der Waals surface area contributed by atoms with Crippen molar-refractivity contribution in [3.8, 4) is 0 Å². The third kappa shape index (κ3) is 5.09.